The summed E-state index contributed by atoms with van der Waals surface area (Å²) in [5, 5.41) is 25.3. The van der Waals surface area contributed by atoms with E-state index in [1.807, 2.05) is 19.1 Å². The molecule has 0 spiro atoms. The summed E-state index contributed by atoms with van der Waals surface area (Å²) in [4.78, 5) is 24.7. The van der Waals surface area contributed by atoms with E-state index in [9.17, 15) is 24.2 Å². The lowest BCUT2D eigenvalue weighted by Gasteiger charge is -2.30. The minimum Gasteiger partial charge on any atom is -0.491 e. The second kappa shape index (κ2) is 11.1. The second-order valence-corrected chi connectivity index (χ2v) is 8.81. The summed E-state index contributed by atoms with van der Waals surface area (Å²) < 4.78 is 24.5. The van der Waals surface area contributed by atoms with Crippen molar-refractivity contribution in [1.29, 1.82) is 0 Å². The molecule has 3 N–H and O–H groups in total. The summed E-state index contributed by atoms with van der Waals surface area (Å²) in [6, 6.07) is 12.6. The normalized spacial score (nSPS) is 13.7. The van der Waals surface area contributed by atoms with Crippen LogP contribution < -0.4 is 5.32 Å². The van der Waals surface area contributed by atoms with Crippen molar-refractivity contribution in [1.82, 2.24) is 10.5 Å². The molecule has 2 atom stereocenters. The van der Waals surface area contributed by atoms with Gasteiger partial charge in [-0.15, -0.1) is 0 Å². The van der Waals surface area contributed by atoms with Gasteiger partial charge in [0.05, 0.1) is 18.1 Å². The van der Waals surface area contributed by atoms with Crippen LogP contribution in [0, 0.1) is 18.2 Å². The first kappa shape index (κ1) is 25.9. The highest BCUT2D eigenvalue weighted by Crippen LogP contribution is 2.28. The number of ether oxygens (including phenoxy) is 1. The van der Waals surface area contributed by atoms with Gasteiger partial charge in [0.2, 0.25) is 5.76 Å². The Morgan fingerprint density at radius 1 is 1.20 bits per heavy atom. The molecule has 0 saturated heterocycles. The molecule has 1 amide bonds. The van der Waals surface area contributed by atoms with Crippen LogP contribution in [0.1, 0.15) is 41.9 Å². The van der Waals surface area contributed by atoms with E-state index in [-0.39, 0.29) is 24.6 Å². The lowest BCUT2D eigenvalue weighted by atomic mass is 9.82. The van der Waals surface area contributed by atoms with Crippen molar-refractivity contribution in [2.45, 2.75) is 39.7 Å². The van der Waals surface area contributed by atoms with Crippen molar-refractivity contribution in [2.75, 3.05) is 13.2 Å². The molecule has 0 aliphatic heterocycles. The third kappa shape index (κ3) is 6.66. The fourth-order valence-electron chi connectivity index (χ4n) is 3.85. The van der Waals surface area contributed by atoms with Crippen LogP contribution in [-0.2, 0) is 16.0 Å². The van der Waals surface area contributed by atoms with E-state index >= 15 is 0 Å². The maximum absolute atomic E-state index is 14.3. The van der Waals surface area contributed by atoms with Gasteiger partial charge in [0.15, 0.2) is 0 Å². The van der Waals surface area contributed by atoms with E-state index < -0.39 is 29.2 Å². The van der Waals surface area contributed by atoms with Crippen molar-refractivity contribution in [3.8, 4) is 17.0 Å². The topological polar surface area (TPSA) is 122 Å². The van der Waals surface area contributed by atoms with Gasteiger partial charge in [-0.25, -0.2) is 4.39 Å². The number of aryl methyl sites for hydroxylation is 1. The molecule has 1 aromatic heterocycles. The SMILES string of the molecule is CCOC[C@](C)(C[C@@H](Cc1ccc(-c2cc(C)ccc2F)cc1)NC(=O)c1cc(O)no1)C(=O)O. The second-order valence-electron chi connectivity index (χ2n) is 8.81. The Morgan fingerprint density at radius 3 is 2.51 bits per heavy atom. The molecule has 0 aliphatic rings. The van der Waals surface area contributed by atoms with Gasteiger partial charge in [0.25, 0.3) is 11.8 Å². The molecule has 2 aromatic carbocycles. The molecular weight excluding hydrogens is 455 g/mol. The van der Waals surface area contributed by atoms with E-state index in [1.165, 1.54) is 6.07 Å². The predicted molar refractivity (Wildman–Crippen MR) is 127 cm³/mol. The van der Waals surface area contributed by atoms with Crippen molar-refractivity contribution < 1.29 is 33.5 Å². The van der Waals surface area contributed by atoms with Gasteiger partial charge in [-0.05, 0) is 62.0 Å². The number of halogens is 1. The first-order valence-corrected chi connectivity index (χ1v) is 11.2. The minimum absolute atomic E-state index is 0.0279. The number of rotatable bonds is 11. The molecule has 0 fully saturated rings. The molecule has 0 bridgehead atoms. The Morgan fingerprint density at radius 2 is 1.91 bits per heavy atom. The number of aromatic hydroxyl groups is 1. The van der Waals surface area contributed by atoms with Crippen molar-refractivity contribution >= 4 is 11.9 Å². The number of hydrogen-bond acceptors (Lipinski definition) is 6. The van der Waals surface area contributed by atoms with Crippen molar-refractivity contribution in [2.24, 2.45) is 5.41 Å². The van der Waals surface area contributed by atoms with Gasteiger partial charge < -0.3 is 24.8 Å². The standard InChI is InChI=1S/C26H29FN2O6/c1-4-34-15-26(3,25(32)33)14-19(28-24(31)22-13-23(30)29-35-22)12-17-6-8-18(9-7-17)20-11-16(2)5-10-21(20)27/h5-11,13,19H,4,12,14-15H2,1-3H3,(H,28,31)(H,29,30)(H,32,33)/t19-,26+/m1/s1. The average Bonchev–Trinajstić information content (AvgIpc) is 3.26. The number of benzene rings is 2. The Kier molecular flexibility index (Phi) is 8.24. The highest BCUT2D eigenvalue weighted by molar-refractivity contribution is 5.91. The lowest BCUT2D eigenvalue weighted by molar-refractivity contribution is -0.152. The number of nitrogens with zero attached hydrogens (tertiary/aromatic N) is 1. The molecule has 0 radical (unpaired) electrons. The molecule has 186 valence electrons. The van der Waals surface area contributed by atoms with Crippen molar-refractivity contribution in [3.63, 3.8) is 0 Å². The number of amides is 1. The van der Waals surface area contributed by atoms with E-state index in [0.29, 0.717) is 24.2 Å². The zero-order chi connectivity index (χ0) is 25.6. The van der Waals surface area contributed by atoms with Crippen LogP contribution in [0.5, 0.6) is 5.88 Å². The monoisotopic (exact) mass is 484 g/mol. The van der Waals surface area contributed by atoms with E-state index in [0.717, 1.165) is 17.2 Å². The average molecular weight is 485 g/mol. The number of carboxylic acid groups (broad SMARTS) is 1. The summed E-state index contributed by atoms with van der Waals surface area (Å²) in [7, 11) is 0. The first-order chi connectivity index (χ1) is 16.6. The maximum Gasteiger partial charge on any atom is 0.311 e. The number of carbonyl (C=O) groups is 2. The molecule has 9 heteroatoms. The summed E-state index contributed by atoms with van der Waals surface area (Å²) in [6.07, 6.45) is 0.375. The zero-order valence-electron chi connectivity index (χ0n) is 19.9. The Balaban J connectivity index is 1.84. The molecule has 0 unspecified atom stereocenters. The van der Waals surface area contributed by atoms with Gasteiger partial charge >= 0.3 is 5.97 Å². The number of nitrogens with one attached hydrogen (secondary N) is 1. The summed E-state index contributed by atoms with van der Waals surface area (Å²) in [5.74, 6) is -2.63. The van der Waals surface area contributed by atoms with Gasteiger partial charge in [-0.2, -0.15) is 0 Å². The molecule has 3 rings (SSSR count). The first-order valence-electron chi connectivity index (χ1n) is 11.2. The van der Waals surface area contributed by atoms with Crippen LogP contribution in [0.15, 0.2) is 53.1 Å². The highest BCUT2D eigenvalue weighted by atomic mass is 19.1. The van der Waals surface area contributed by atoms with Gasteiger partial charge in [0, 0.05) is 18.2 Å². The van der Waals surface area contributed by atoms with Crippen LogP contribution in [0.3, 0.4) is 0 Å². The van der Waals surface area contributed by atoms with Gasteiger partial charge in [-0.3, -0.25) is 9.59 Å². The lowest BCUT2D eigenvalue weighted by Crippen LogP contribution is -2.44. The Bertz CT molecular complexity index is 1180. The third-order valence-electron chi connectivity index (χ3n) is 5.76. The quantitative estimate of drug-likeness (QED) is 0.370. The Hall–Kier alpha value is -3.72. The van der Waals surface area contributed by atoms with Crippen molar-refractivity contribution in [3.05, 3.63) is 71.2 Å². The number of carbonyl (C=O) groups excluding carboxylic acids is 1. The fourth-order valence-corrected chi connectivity index (χ4v) is 3.85. The Labute approximate surface area is 202 Å². The maximum atomic E-state index is 14.3. The van der Waals surface area contributed by atoms with E-state index in [2.05, 4.69) is 10.5 Å². The summed E-state index contributed by atoms with van der Waals surface area (Å²) in [5.41, 5.74) is 1.69. The predicted octanol–water partition coefficient (Wildman–Crippen LogP) is 4.35. The molecule has 8 nitrogen and oxygen atoms in total. The molecule has 3 aromatic rings. The van der Waals surface area contributed by atoms with Crippen LogP contribution in [0.25, 0.3) is 11.1 Å². The largest absolute Gasteiger partial charge is 0.491 e. The third-order valence-corrected chi connectivity index (χ3v) is 5.76. The van der Waals surface area contributed by atoms with Crippen LogP contribution in [0.4, 0.5) is 4.39 Å². The smallest absolute Gasteiger partial charge is 0.311 e. The number of carboxylic acids is 1. The molecule has 0 aliphatic carbocycles. The fraction of sp³-hybridized carbons (Fsp3) is 0.346. The molecular formula is C26H29FN2O6. The number of aromatic nitrogens is 1. The molecule has 0 saturated carbocycles. The van der Waals surface area contributed by atoms with E-state index in [1.54, 1.807) is 38.1 Å². The van der Waals surface area contributed by atoms with Crippen LogP contribution in [-0.4, -0.2) is 46.5 Å². The number of hydrogen-bond donors (Lipinski definition) is 3. The molecule has 35 heavy (non-hydrogen) atoms. The summed E-state index contributed by atoms with van der Waals surface area (Å²) >= 11 is 0. The van der Waals surface area contributed by atoms with E-state index in [4.69, 9.17) is 9.26 Å². The highest BCUT2D eigenvalue weighted by Gasteiger charge is 2.37. The van der Waals surface area contributed by atoms with Gasteiger partial charge in [-0.1, -0.05) is 35.9 Å². The van der Waals surface area contributed by atoms with Crippen LogP contribution in [0.2, 0.25) is 0 Å². The van der Waals surface area contributed by atoms with Gasteiger partial charge in [0.1, 0.15) is 5.82 Å². The number of aliphatic carboxylic acids is 1. The van der Waals surface area contributed by atoms with Crippen LogP contribution >= 0.6 is 0 Å². The summed E-state index contributed by atoms with van der Waals surface area (Å²) in [6.45, 7) is 5.55. The molecule has 1 heterocycles. The minimum atomic E-state index is -1.26. The zero-order valence-corrected chi connectivity index (χ0v) is 19.9.